The van der Waals surface area contributed by atoms with Crippen molar-refractivity contribution in [2.24, 2.45) is 11.3 Å². The molecule has 1 unspecified atom stereocenters. The molecule has 1 rings (SSSR count). The van der Waals surface area contributed by atoms with Crippen molar-refractivity contribution in [3.05, 3.63) is 0 Å². The molecular formula is C8H15BO. The van der Waals surface area contributed by atoms with E-state index < -0.39 is 0 Å². The predicted octanol–water partition coefficient (Wildman–Crippen LogP) is 1.43. The SMILES string of the molecule is CC(C)C1(C)CCBC1=O. The summed E-state index contributed by atoms with van der Waals surface area (Å²) in [6.07, 6.45) is 2.21. The van der Waals surface area contributed by atoms with E-state index in [0.29, 0.717) is 11.6 Å². The molecule has 0 aromatic heterocycles. The van der Waals surface area contributed by atoms with E-state index in [2.05, 4.69) is 20.8 Å². The van der Waals surface area contributed by atoms with Crippen LogP contribution in [0.3, 0.4) is 0 Å². The summed E-state index contributed by atoms with van der Waals surface area (Å²) >= 11 is 0. The first-order valence-corrected chi connectivity index (χ1v) is 4.10. The van der Waals surface area contributed by atoms with Crippen molar-refractivity contribution in [1.82, 2.24) is 0 Å². The highest BCUT2D eigenvalue weighted by Crippen LogP contribution is 2.37. The van der Waals surface area contributed by atoms with Gasteiger partial charge < -0.3 is 4.79 Å². The van der Waals surface area contributed by atoms with Crippen molar-refractivity contribution >= 4 is 13.0 Å². The minimum Gasteiger partial charge on any atom is -0.311 e. The second-order valence-electron chi connectivity index (χ2n) is 3.85. The first-order valence-electron chi connectivity index (χ1n) is 4.10. The van der Waals surface area contributed by atoms with Crippen molar-refractivity contribution in [3.63, 3.8) is 0 Å². The lowest BCUT2D eigenvalue weighted by molar-refractivity contribution is -0.121. The second-order valence-corrected chi connectivity index (χ2v) is 3.85. The molecule has 0 spiro atoms. The number of carbonyl (C=O) groups is 1. The molecule has 1 fully saturated rings. The minimum absolute atomic E-state index is 0.0139. The van der Waals surface area contributed by atoms with Crippen LogP contribution in [0.2, 0.25) is 6.32 Å². The van der Waals surface area contributed by atoms with E-state index in [9.17, 15) is 4.79 Å². The molecule has 10 heavy (non-hydrogen) atoms. The highest BCUT2D eigenvalue weighted by molar-refractivity contribution is 6.76. The smallest absolute Gasteiger partial charge is 0.206 e. The molecule has 0 radical (unpaired) electrons. The van der Waals surface area contributed by atoms with Gasteiger partial charge in [-0.05, 0) is 12.3 Å². The average Bonchev–Trinajstić information content (AvgIpc) is 2.15. The third-order valence-corrected chi connectivity index (χ3v) is 3.01. The van der Waals surface area contributed by atoms with Crippen molar-refractivity contribution in [2.75, 3.05) is 0 Å². The Labute approximate surface area is 63.4 Å². The maximum Gasteiger partial charge on any atom is 0.206 e. The van der Waals surface area contributed by atoms with Gasteiger partial charge in [0.15, 0.2) is 0 Å². The summed E-state index contributed by atoms with van der Waals surface area (Å²) in [4.78, 5) is 11.3. The molecule has 1 nitrogen and oxygen atoms in total. The van der Waals surface area contributed by atoms with Gasteiger partial charge in [-0.25, -0.2) is 0 Å². The molecule has 1 atom stereocenters. The van der Waals surface area contributed by atoms with Crippen LogP contribution in [0, 0.1) is 11.3 Å². The molecule has 0 aromatic rings. The molecule has 0 aromatic carbocycles. The van der Waals surface area contributed by atoms with Crippen LogP contribution in [0.5, 0.6) is 0 Å². The van der Waals surface area contributed by atoms with Crippen LogP contribution in [0.15, 0.2) is 0 Å². The summed E-state index contributed by atoms with van der Waals surface area (Å²) in [5.41, 5.74) is 0.488. The van der Waals surface area contributed by atoms with Gasteiger partial charge in [0.05, 0.1) is 5.68 Å². The fourth-order valence-corrected chi connectivity index (χ4v) is 1.65. The molecule has 2 heteroatoms. The van der Waals surface area contributed by atoms with E-state index in [1.165, 1.54) is 0 Å². The van der Waals surface area contributed by atoms with E-state index in [1.54, 1.807) is 0 Å². The Bertz CT molecular complexity index is 153. The summed E-state index contributed by atoms with van der Waals surface area (Å²) < 4.78 is 0. The Morgan fingerprint density at radius 1 is 1.60 bits per heavy atom. The first kappa shape index (κ1) is 7.84. The lowest BCUT2D eigenvalue weighted by Gasteiger charge is -2.26. The molecule has 0 saturated carbocycles. The summed E-state index contributed by atoms with van der Waals surface area (Å²) in [6, 6.07) is 0. The van der Waals surface area contributed by atoms with E-state index in [1.807, 2.05) is 0 Å². The minimum atomic E-state index is 0.0139. The molecule has 1 aliphatic rings. The molecular weight excluding hydrogens is 123 g/mol. The molecule has 0 amide bonds. The fraction of sp³-hybridized carbons (Fsp3) is 0.875. The standard InChI is InChI=1S/C8H15BO/c1-6(2)8(3)4-5-9-7(8)10/h6,9H,4-5H2,1-3H3. The van der Waals surface area contributed by atoms with Crippen LogP contribution in [0.1, 0.15) is 27.2 Å². The summed E-state index contributed by atoms with van der Waals surface area (Å²) in [7, 11) is 0.814. The van der Waals surface area contributed by atoms with Crippen molar-refractivity contribution < 1.29 is 4.79 Å². The van der Waals surface area contributed by atoms with E-state index in [-0.39, 0.29) is 5.41 Å². The number of carbonyl (C=O) groups excluding carboxylic acids is 1. The van der Waals surface area contributed by atoms with Gasteiger partial charge in [-0.1, -0.05) is 27.1 Å². The van der Waals surface area contributed by atoms with E-state index in [4.69, 9.17) is 0 Å². The zero-order chi connectivity index (χ0) is 7.78. The number of hydrogen-bond donors (Lipinski definition) is 0. The quantitative estimate of drug-likeness (QED) is 0.501. The Morgan fingerprint density at radius 2 is 2.20 bits per heavy atom. The second kappa shape index (κ2) is 2.41. The maximum atomic E-state index is 11.3. The van der Waals surface area contributed by atoms with Crippen LogP contribution >= 0.6 is 0 Å². The summed E-state index contributed by atoms with van der Waals surface area (Å²) in [5, 5.41) is 0. The van der Waals surface area contributed by atoms with Gasteiger partial charge in [-0.2, -0.15) is 0 Å². The topological polar surface area (TPSA) is 17.1 Å². The van der Waals surface area contributed by atoms with Gasteiger partial charge in [-0.15, -0.1) is 0 Å². The van der Waals surface area contributed by atoms with Crippen LogP contribution in [-0.4, -0.2) is 13.0 Å². The van der Waals surface area contributed by atoms with Gasteiger partial charge in [0.2, 0.25) is 7.28 Å². The third-order valence-electron chi connectivity index (χ3n) is 3.01. The Balaban J connectivity index is 2.75. The highest BCUT2D eigenvalue weighted by Gasteiger charge is 2.39. The van der Waals surface area contributed by atoms with Crippen LogP contribution < -0.4 is 0 Å². The predicted molar refractivity (Wildman–Crippen MR) is 44.5 cm³/mol. The Hall–Kier alpha value is -0.265. The van der Waals surface area contributed by atoms with Crippen molar-refractivity contribution in [3.8, 4) is 0 Å². The normalized spacial score (nSPS) is 33.0. The lowest BCUT2D eigenvalue weighted by atomic mass is 9.67. The third kappa shape index (κ3) is 1.000. The summed E-state index contributed by atoms with van der Waals surface area (Å²) in [6.45, 7) is 6.39. The van der Waals surface area contributed by atoms with Crippen molar-refractivity contribution in [1.29, 1.82) is 0 Å². The summed E-state index contributed by atoms with van der Waals surface area (Å²) in [5.74, 6) is 0.516. The zero-order valence-electron chi connectivity index (χ0n) is 7.11. The number of rotatable bonds is 1. The van der Waals surface area contributed by atoms with Gasteiger partial charge in [0.25, 0.3) is 0 Å². The van der Waals surface area contributed by atoms with E-state index >= 15 is 0 Å². The van der Waals surface area contributed by atoms with E-state index in [0.717, 1.165) is 20.0 Å². The molecule has 0 bridgehead atoms. The van der Waals surface area contributed by atoms with Gasteiger partial charge in [0.1, 0.15) is 0 Å². The largest absolute Gasteiger partial charge is 0.311 e. The van der Waals surface area contributed by atoms with Gasteiger partial charge in [0, 0.05) is 5.41 Å². The Morgan fingerprint density at radius 3 is 2.40 bits per heavy atom. The van der Waals surface area contributed by atoms with Crippen LogP contribution in [-0.2, 0) is 4.79 Å². The van der Waals surface area contributed by atoms with Gasteiger partial charge in [-0.3, -0.25) is 0 Å². The molecule has 1 heterocycles. The Kier molecular flexibility index (Phi) is 1.89. The zero-order valence-corrected chi connectivity index (χ0v) is 7.11. The molecule has 0 aliphatic carbocycles. The average molecular weight is 138 g/mol. The first-order chi connectivity index (χ1) is 4.57. The monoisotopic (exact) mass is 138 g/mol. The van der Waals surface area contributed by atoms with Crippen LogP contribution in [0.25, 0.3) is 0 Å². The molecule has 1 aliphatic heterocycles. The van der Waals surface area contributed by atoms with Crippen LogP contribution in [0.4, 0.5) is 0 Å². The van der Waals surface area contributed by atoms with Crippen molar-refractivity contribution in [2.45, 2.75) is 33.5 Å². The van der Waals surface area contributed by atoms with Gasteiger partial charge >= 0.3 is 0 Å². The molecule has 56 valence electrons. The fourth-order valence-electron chi connectivity index (χ4n) is 1.65. The number of hydrogen-bond acceptors (Lipinski definition) is 1. The molecule has 0 N–H and O–H groups in total. The molecule has 1 saturated heterocycles. The lowest BCUT2D eigenvalue weighted by Crippen LogP contribution is -2.29. The maximum absolute atomic E-state index is 11.3. The highest BCUT2D eigenvalue weighted by atomic mass is 16.1.